The van der Waals surface area contributed by atoms with Crippen LogP contribution < -0.4 is 10.5 Å². The zero-order chi connectivity index (χ0) is 29.6. The summed E-state index contributed by atoms with van der Waals surface area (Å²) in [5.74, 6) is 1.02. The van der Waals surface area contributed by atoms with E-state index in [2.05, 4.69) is 62.3 Å². The number of carbonyl (C=O) groups excluding carboxylic acids is 1. The molecule has 0 radical (unpaired) electrons. The summed E-state index contributed by atoms with van der Waals surface area (Å²) >= 11 is 0. The first kappa shape index (κ1) is 28.6. The van der Waals surface area contributed by atoms with Crippen LogP contribution in [0.2, 0.25) is 0 Å². The second-order valence-corrected chi connectivity index (χ2v) is 10.9. The highest BCUT2D eigenvalue weighted by atomic mass is 16.9. The van der Waals surface area contributed by atoms with Gasteiger partial charge in [-0.25, -0.2) is 0 Å². The van der Waals surface area contributed by atoms with Crippen molar-refractivity contribution in [1.82, 2.24) is 14.9 Å². The van der Waals surface area contributed by atoms with Crippen molar-refractivity contribution in [2.24, 2.45) is 10.9 Å². The lowest BCUT2D eigenvalue weighted by atomic mass is 9.97. The van der Waals surface area contributed by atoms with E-state index in [1.165, 1.54) is 10.6 Å². The smallest absolute Gasteiger partial charge is 0.496 e. The van der Waals surface area contributed by atoms with Crippen LogP contribution in [0.5, 0.6) is 5.75 Å². The molecule has 2 aliphatic rings. The second-order valence-electron chi connectivity index (χ2n) is 10.9. The topological polar surface area (TPSA) is 106 Å². The average molecular weight is 584 g/mol. The number of aryl methyl sites for hydroxylation is 1. The SMILES string of the molecule is COc1ccc(CCCCN2CCN(Cc3ccccc3)CC2)cc1C(c1cc2ccccc2o1)N1OC(=O)ON=C1N. The van der Waals surface area contributed by atoms with Crippen LogP contribution in [0.25, 0.3) is 11.0 Å². The van der Waals surface area contributed by atoms with Gasteiger partial charge in [0.25, 0.3) is 5.96 Å². The highest BCUT2D eigenvalue weighted by Gasteiger charge is 2.36. The summed E-state index contributed by atoms with van der Waals surface area (Å²) in [5, 5.41) is 5.80. The number of furan rings is 1. The van der Waals surface area contributed by atoms with Crippen LogP contribution in [0.3, 0.4) is 0 Å². The van der Waals surface area contributed by atoms with Gasteiger partial charge in [-0.15, -0.1) is 0 Å². The number of nitrogens with two attached hydrogens (primary N) is 1. The first-order valence-corrected chi connectivity index (χ1v) is 14.7. The molecule has 1 unspecified atom stereocenters. The van der Waals surface area contributed by atoms with Gasteiger partial charge in [0.05, 0.1) is 7.11 Å². The molecule has 0 saturated carbocycles. The van der Waals surface area contributed by atoms with Crippen molar-refractivity contribution < 1.29 is 23.6 Å². The van der Waals surface area contributed by atoms with Crippen molar-refractivity contribution in [2.75, 3.05) is 39.8 Å². The maximum Gasteiger partial charge on any atom is 0.560 e. The van der Waals surface area contributed by atoms with Gasteiger partial charge in [-0.2, -0.15) is 9.86 Å². The summed E-state index contributed by atoms with van der Waals surface area (Å²) in [7, 11) is 1.61. The Morgan fingerprint density at radius 1 is 0.907 bits per heavy atom. The molecule has 0 amide bonds. The first-order chi connectivity index (χ1) is 21.1. The fraction of sp³-hybridized carbons (Fsp3) is 0.333. The predicted octanol–water partition coefficient (Wildman–Crippen LogP) is 5.28. The summed E-state index contributed by atoms with van der Waals surface area (Å²) < 4.78 is 12.0. The third-order valence-corrected chi connectivity index (χ3v) is 8.05. The Morgan fingerprint density at radius 2 is 1.67 bits per heavy atom. The minimum absolute atomic E-state index is 0.110. The molecule has 1 saturated heterocycles. The number of ether oxygens (including phenoxy) is 1. The molecule has 6 rings (SSSR count). The number of hydrogen-bond acceptors (Lipinski definition) is 10. The number of hydroxylamine groups is 2. The summed E-state index contributed by atoms with van der Waals surface area (Å²) in [6.45, 7) is 6.49. The highest BCUT2D eigenvalue weighted by molar-refractivity contribution is 5.82. The molecular weight excluding hydrogens is 546 g/mol. The Hall–Kier alpha value is -4.54. The van der Waals surface area contributed by atoms with Crippen molar-refractivity contribution in [3.63, 3.8) is 0 Å². The van der Waals surface area contributed by atoms with Crippen molar-refractivity contribution >= 4 is 23.1 Å². The Balaban J connectivity index is 1.12. The molecule has 0 aliphatic carbocycles. The van der Waals surface area contributed by atoms with Crippen LogP contribution in [0, 0.1) is 0 Å². The van der Waals surface area contributed by atoms with E-state index in [0.717, 1.165) is 75.0 Å². The molecule has 2 aliphatic heterocycles. The third-order valence-electron chi connectivity index (χ3n) is 8.05. The molecule has 1 fully saturated rings. The summed E-state index contributed by atoms with van der Waals surface area (Å²) in [6, 6.07) is 25.6. The second kappa shape index (κ2) is 13.2. The van der Waals surface area contributed by atoms with E-state index in [1.54, 1.807) is 7.11 Å². The molecule has 3 heterocycles. The lowest BCUT2D eigenvalue weighted by Crippen LogP contribution is -2.46. The van der Waals surface area contributed by atoms with E-state index in [0.29, 0.717) is 17.1 Å². The number of benzene rings is 3. The fourth-order valence-corrected chi connectivity index (χ4v) is 5.82. The van der Waals surface area contributed by atoms with Gasteiger partial charge in [0, 0.05) is 43.7 Å². The van der Waals surface area contributed by atoms with Crippen LogP contribution in [0.1, 0.15) is 41.3 Å². The average Bonchev–Trinajstić information content (AvgIpc) is 3.46. The molecule has 1 aromatic heterocycles. The Labute approximate surface area is 251 Å². The quantitative estimate of drug-likeness (QED) is 0.186. The number of methoxy groups -OCH3 is 1. The van der Waals surface area contributed by atoms with E-state index in [-0.39, 0.29) is 5.96 Å². The molecule has 4 aromatic rings. The van der Waals surface area contributed by atoms with Gasteiger partial charge in [-0.1, -0.05) is 54.6 Å². The Morgan fingerprint density at radius 3 is 2.47 bits per heavy atom. The van der Waals surface area contributed by atoms with Crippen LogP contribution in [0.4, 0.5) is 4.79 Å². The van der Waals surface area contributed by atoms with Crippen molar-refractivity contribution in [2.45, 2.75) is 31.8 Å². The van der Waals surface area contributed by atoms with Gasteiger partial charge in [-0.3, -0.25) is 9.74 Å². The standard InChI is InChI=1S/C33H37N5O5/c1-40-29-15-14-24(9-7-8-16-36-17-19-37(20-18-36)23-25-10-3-2-4-11-25)21-27(29)31(38-32(34)35-42-33(39)43-38)30-22-26-12-5-6-13-28(26)41-30/h2-6,10-15,21-22,31H,7-9,16-20,23H2,1H3,(H2,34,35). The van der Waals surface area contributed by atoms with Gasteiger partial charge in [0.1, 0.15) is 17.1 Å². The molecule has 0 spiro atoms. The minimum atomic E-state index is -0.980. The lowest BCUT2D eigenvalue weighted by Gasteiger charge is -2.34. The largest absolute Gasteiger partial charge is 0.560 e. The number of nitrogens with zero attached hydrogens (tertiary/aromatic N) is 4. The van der Waals surface area contributed by atoms with Crippen molar-refractivity contribution in [1.29, 1.82) is 0 Å². The Kier molecular flexibility index (Phi) is 8.76. The number of guanidine groups is 1. The van der Waals surface area contributed by atoms with Crippen LogP contribution >= 0.6 is 0 Å². The molecule has 3 aromatic carbocycles. The monoisotopic (exact) mass is 583 g/mol. The number of para-hydroxylation sites is 1. The van der Waals surface area contributed by atoms with Gasteiger partial charge < -0.3 is 24.6 Å². The van der Waals surface area contributed by atoms with Gasteiger partial charge >= 0.3 is 6.16 Å². The molecule has 0 bridgehead atoms. The Bertz CT molecular complexity index is 1530. The number of oxime groups is 1. The lowest BCUT2D eigenvalue weighted by molar-refractivity contribution is -0.116. The van der Waals surface area contributed by atoms with Gasteiger partial charge in [0.2, 0.25) is 0 Å². The van der Waals surface area contributed by atoms with E-state index in [9.17, 15) is 4.79 Å². The third kappa shape index (κ3) is 6.76. The number of carbonyl (C=O) groups is 1. The molecule has 10 nitrogen and oxygen atoms in total. The molecule has 1 atom stereocenters. The van der Waals surface area contributed by atoms with Gasteiger partial charge in [-0.05, 0) is 66.4 Å². The number of fused-ring (bicyclic) bond motifs is 1. The van der Waals surface area contributed by atoms with Crippen LogP contribution in [-0.4, -0.2) is 66.8 Å². The fourth-order valence-electron chi connectivity index (χ4n) is 5.82. The number of piperazine rings is 1. The molecular formula is C33H37N5O5. The minimum Gasteiger partial charge on any atom is -0.496 e. The zero-order valence-electron chi connectivity index (χ0n) is 24.4. The summed E-state index contributed by atoms with van der Waals surface area (Å²) in [4.78, 5) is 27.2. The molecule has 43 heavy (non-hydrogen) atoms. The molecule has 224 valence electrons. The van der Waals surface area contributed by atoms with E-state index >= 15 is 0 Å². The molecule has 10 heteroatoms. The number of hydrogen-bond donors (Lipinski definition) is 1. The van der Waals surface area contributed by atoms with Crippen molar-refractivity contribution in [3.05, 3.63) is 101 Å². The highest BCUT2D eigenvalue weighted by Crippen LogP contribution is 2.39. The van der Waals surface area contributed by atoms with E-state index in [1.807, 2.05) is 36.4 Å². The summed E-state index contributed by atoms with van der Waals surface area (Å²) in [5.41, 5.74) is 10.1. The molecule has 2 N–H and O–H groups in total. The predicted molar refractivity (Wildman–Crippen MR) is 163 cm³/mol. The maximum absolute atomic E-state index is 12.1. The van der Waals surface area contributed by atoms with Crippen LogP contribution in [-0.2, 0) is 22.6 Å². The zero-order valence-corrected chi connectivity index (χ0v) is 24.4. The summed E-state index contributed by atoms with van der Waals surface area (Å²) in [6.07, 6.45) is 2.06. The van der Waals surface area contributed by atoms with E-state index in [4.69, 9.17) is 19.7 Å². The number of rotatable bonds is 11. The maximum atomic E-state index is 12.1. The normalized spacial score (nSPS) is 16.9. The first-order valence-electron chi connectivity index (χ1n) is 14.7. The number of unbranched alkanes of at least 4 members (excludes halogenated alkanes) is 1. The van der Waals surface area contributed by atoms with Gasteiger partial charge in [0.15, 0.2) is 6.04 Å². The van der Waals surface area contributed by atoms with E-state index < -0.39 is 12.2 Å². The van der Waals surface area contributed by atoms with Crippen LogP contribution in [0.15, 0.2) is 88.4 Å². The van der Waals surface area contributed by atoms with Crippen molar-refractivity contribution in [3.8, 4) is 5.75 Å².